The smallest absolute Gasteiger partial charge is 0.316 e. The Balaban J connectivity index is 0.999. The Morgan fingerprint density at radius 3 is 0.771 bits per heavy atom. The summed E-state index contributed by atoms with van der Waals surface area (Å²) in [5.74, 6) is 4.41. The van der Waals surface area contributed by atoms with E-state index in [0.29, 0.717) is 262 Å². The molecule has 1 N–H and O–H groups in total. The molecule has 0 fully saturated rings. The lowest BCUT2D eigenvalue weighted by molar-refractivity contribution is -0.0305. The molecule has 626 valence electrons. The summed E-state index contributed by atoms with van der Waals surface area (Å²) in [4.78, 5) is 8.55. The minimum absolute atomic E-state index is 0.0797. The Morgan fingerprint density at radius 2 is 0.514 bits per heavy atom. The minimum Gasteiger partial charge on any atom is -0.493 e. The highest BCUT2D eigenvalue weighted by atomic mass is 31.1. The van der Waals surface area contributed by atoms with Crippen LogP contribution in [0.15, 0.2) is 60.8 Å². The molecule has 28 nitrogen and oxygen atoms in total. The summed E-state index contributed by atoms with van der Waals surface area (Å²) in [6.45, 7) is 26.7. The fourth-order valence-electron chi connectivity index (χ4n) is 10.2. The van der Waals surface area contributed by atoms with Crippen LogP contribution in [0.2, 0.25) is 0 Å². The molecule has 0 aliphatic rings. The van der Waals surface area contributed by atoms with Crippen molar-refractivity contribution >= 4 is 8.25 Å². The summed E-state index contributed by atoms with van der Waals surface area (Å²) < 4.78 is 144. The van der Waals surface area contributed by atoms with Crippen LogP contribution in [-0.4, -0.2) is 258 Å². The Morgan fingerprint density at radius 1 is 0.275 bits per heavy atom. The van der Waals surface area contributed by atoms with Gasteiger partial charge in [-0.05, 0) is 78.8 Å². The Hall–Kier alpha value is -4.89. The van der Waals surface area contributed by atoms with Gasteiger partial charge in [0.2, 0.25) is 0 Å². The van der Waals surface area contributed by atoms with Gasteiger partial charge in [-0.2, -0.15) is 0 Å². The largest absolute Gasteiger partial charge is 0.493 e. The number of rotatable bonds is 83. The van der Waals surface area contributed by atoms with Crippen LogP contribution >= 0.6 is 8.25 Å². The summed E-state index contributed by atoms with van der Waals surface area (Å²) in [6.07, 6.45) is 19.9. The predicted molar refractivity (Wildman–Crippen MR) is 415 cm³/mol. The molecule has 29 heteroatoms. The number of nitrogens with zero attached hydrogens (tertiary/aromatic N) is 3. The molecular weight excluding hydrogens is 1430 g/mol. The Labute approximate surface area is 651 Å². The van der Waals surface area contributed by atoms with Crippen molar-refractivity contribution in [3.8, 4) is 34.5 Å². The molecule has 0 aliphatic heterocycles. The second kappa shape index (κ2) is 72.1. The van der Waals surface area contributed by atoms with Crippen LogP contribution in [-0.2, 0) is 111 Å². The molecule has 0 amide bonds. The Kier molecular flexibility index (Phi) is 63.8. The van der Waals surface area contributed by atoms with E-state index in [2.05, 4.69) is 42.5 Å². The first-order valence-electron chi connectivity index (χ1n) is 40.0. The molecular formula is C80H136N3O25P. The van der Waals surface area contributed by atoms with E-state index in [-0.39, 0.29) is 19.8 Å². The number of ether oxygens (including phenoxy) is 22. The van der Waals surface area contributed by atoms with Crippen LogP contribution < -0.4 is 28.4 Å². The Bertz CT molecular complexity index is 2550. The zero-order chi connectivity index (χ0) is 77.3. The molecule has 0 spiro atoms. The van der Waals surface area contributed by atoms with Crippen LogP contribution in [0.25, 0.3) is 0 Å². The number of benzene rings is 3. The fraction of sp³-hybridized carbons (Fsp3) is 0.750. The molecule has 109 heavy (non-hydrogen) atoms. The average molecular weight is 1570 g/mol. The van der Waals surface area contributed by atoms with Crippen molar-refractivity contribution in [2.75, 3.05) is 238 Å². The van der Waals surface area contributed by atoms with Crippen molar-refractivity contribution in [2.45, 2.75) is 157 Å². The molecule has 1 heterocycles. The third kappa shape index (κ3) is 57.7. The first kappa shape index (κ1) is 96.5. The maximum Gasteiger partial charge on any atom is 0.316 e. The van der Waals surface area contributed by atoms with E-state index < -0.39 is 8.25 Å². The maximum atomic E-state index is 10.4. The first-order valence-corrected chi connectivity index (χ1v) is 41.3. The highest BCUT2D eigenvalue weighted by Crippen LogP contribution is 2.30. The van der Waals surface area contributed by atoms with Crippen molar-refractivity contribution < 1.29 is 118 Å². The lowest BCUT2D eigenvalue weighted by atomic mass is 10.1. The zero-order valence-corrected chi connectivity index (χ0v) is 67.5. The fourth-order valence-corrected chi connectivity index (χ4v) is 10.4. The molecule has 4 aromatic rings. The van der Waals surface area contributed by atoms with Crippen molar-refractivity contribution in [1.82, 2.24) is 15.0 Å². The monoisotopic (exact) mass is 1570 g/mol. The first-order chi connectivity index (χ1) is 53.9. The molecule has 0 saturated heterocycles. The van der Waals surface area contributed by atoms with Gasteiger partial charge in [-0.1, -0.05) is 110 Å². The van der Waals surface area contributed by atoms with Crippen LogP contribution in [0.5, 0.6) is 34.5 Å². The van der Waals surface area contributed by atoms with Gasteiger partial charge < -0.3 is 114 Å². The average Bonchev–Trinajstić information content (AvgIpc) is 1.59. The molecule has 1 unspecified atom stereocenters. The summed E-state index contributed by atoms with van der Waals surface area (Å²) in [5.41, 5.74) is 3.51. The van der Waals surface area contributed by atoms with Crippen LogP contribution in [0, 0.1) is 0 Å². The highest BCUT2D eigenvalue weighted by molar-refractivity contribution is 7.32. The van der Waals surface area contributed by atoms with Crippen molar-refractivity contribution in [1.29, 1.82) is 0 Å². The van der Waals surface area contributed by atoms with E-state index in [0.717, 1.165) is 91.1 Å². The quantitative estimate of drug-likeness (QED) is 0.0317. The van der Waals surface area contributed by atoms with E-state index in [1.807, 2.05) is 60.8 Å². The summed E-state index contributed by atoms with van der Waals surface area (Å²) in [5, 5.41) is 8.86. The van der Waals surface area contributed by atoms with Gasteiger partial charge in [0.1, 0.15) is 53.4 Å². The number of unbranched alkanes of at least 4 members (excludes halogenated alkanes) is 12. The third-order valence-corrected chi connectivity index (χ3v) is 16.4. The summed E-state index contributed by atoms with van der Waals surface area (Å²) in [6, 6.07) is 18.1. The van der Waals surface area contributed by atoms with Gasteiger partial charge in [-0.25, -0.2) is 4.68 Å². The van der Waals surface area contributed by atoms with Gasteiger partial charge >= 0.3 is 8.25 Å². The SMILES string of the molecule is CCCCCCOc1cc(COc2cc(Cn3cc(COCCOCCOCCOCCOCCOCCOCCOCCOCCOCCOCCOCCOCCOCCOCCOCCO[PH](=O)O)nn3)cc(OCc3cc(OCCCCCC)cc(OCCCCCC)c3)c2)cc(OCCCCCC)c1. The molecule has 0 aliphatic carbocycles. The third-order valence-electron chi connectivity index (χ3n) is 15.9. The van der Waals surface area contributed by atoms with E-state index in [1.165, 1.54) is 51.4 Å². The van der Waals surface area contributed by atoms with Gasteiger partial charge in [-0.15, -0.1) is 5.10 Å². The van der Waals surface area contributed by atoms with Gasteiger partial charge in [0.05, 0.1) is 257 Å². The molecule has 3 aromatic carbocycles. The van der Waals surface area contributed by atoms with E-state index in [9.17, 15) is 4.57 Å². The minimum atomic E-state index is -2.90. The number of aromatic nitrogens is 3. The van der Waals surface area contributed by atoms with Crippen LogP contribution in [0.4, 0.5) is 0 Å². The summed E-state index contributed by atoms with van der Waals surface area (Å²) in [7, 11) is -2.90. The van der Waals surface area contributed by atoms with Crippen molar-refractivity contribution in [2.24, 2.45) is 0 Å². The number of hydrogen-bond donors (Lipinski definition) is 1. The molecule has 0 radical (unpaired) electrons. The molecule has 0 bridgehead atoms. The predicted octanol–water partition coefficient (Wildman–Crippen LogP) is 12.5. The van der Waals surface area contributed by atoms with E-state index >= 15 is 0 Å². The molecule has 0 saturated carbocycles. The molecule has 1 atom stereocenters. The van der Waals surface area contributed by atoms with Gasteiger partial charge in [-0.3, -0.25) is 4.57 Å². The summed E-state index contributed by atoms with van der Waals surface area (Å²) >= 11 is 0. The second-order valence-electron chi connectivity index (χ2n) is 25.4. The van der Waals surface area contributed by atoms with Crippen molar-refractivity contribution in [3.63, 3.8) is 0 Å². The second-order valence-corrected chi connectivity index (χ2v) is 26.2. The highest BCUT2D eigenvalue weighted by Gasteiger charge is 2.13. The van der Waals surface area contributed by atoms with Crippen molar-refractivity contribution in [3.05, 3.63) is 83.2 Å². The number of hydrogen-bond acceptors (Lipinski definition) is 26. The lowest BCUT2D eigenvalue weighted by Gasteiger charge is -2.16. The molecule has 4 rings (SSSR count). The van der Waals surface area contributed by atoms with E-state index in [1.54, 1.807) is 4.68 Å². The van der Waals surface area contributed by atoms with E-state index in [4.69, 9.17) is 109 Å². The maximum absolute atomic E-state index is 10.4. The van der Waals surface area contributed by atoms with Crippen LogP contribution in [0.1, 0.15) is 153 Å². The zero-order valence-electron chi connectivity index (χ0n) is 66.5. The topological polar surface area (TPSA) is 280 Å². The van der Waals surface area contributed by atoms with Gasteiger partial charge in [0, 0.05) is 18.2 Å². The van der Waals surface area contributed by atoms with Crippen LogP contribution in [0.3, 0.4) is 0 Å². The standard InChI is InChI=1S/C80H136N3O25P/c1-5-9-13-17-21-102-75-59-72(60-76(63-75)103-22-18-14-10-6-2)68-106-79-57-71(58-80(65-79)107-69-73-61-77(104-23-19-15-11-7-3)64-78(62-73)105-24-20-16-12-8-4)66-83-67-74(81-82-83)70-101-54-53-99-50-49-97-46-45-95-42-41-93-38-37-91-34-33-89-30-29-87-26-25-86-27-28-88-31-32-90-35-36-92-39-40-94-43-44-96-47-48-98-51-52-100-55-56-108-109(84)85/h57-65,67,109H,5-56,66,68-70H2,1-4H3,(H,84,85). The van der Waals surface area contributed by atoms with Gasteiger partial charge in [0.15, 0.2) is 0 Å². The molecule has 1 aromatic heterocycles. The lowest BCUT2D eigenvalue weighted by Crippen LogP contribution is -2.16. The van der Waals surface area contributed by atoms with Gasteiger partial charge in [0.25, 0.3) is 0 Å². The normalized spacial score (nSPS) is 11.8.